The molecule has 0 aliphatic carbocycles. The number of ether oxygens (including phenoxy) is 1. The van der Waals surface area contributed by atoms with E-state index in [1.165, 1.54) is 0 Å². The van der Waals surface area contributed by atoms with Crippen LogP contribution in [0.5, 0.6) is 5.75 Å². The molecular formula is C22H33N3O3. The van der Waals surface area contributed by atoms with Crippen molar-refractivity contribution in [2.24, 2.45) is 5.92 Å². The second kappa shape index (κ2) is 10.5. The summed E-state index contributed by atoms with van der Waals surface area (Å²) < 4.78 is 5.67. The highest BCUT2D eigenvalue weighted by molar-refractivity contribution is 5.94. The molecule has 0 aromatic heterocycles. The largest absolute Gasteiger partial charge is 0.494 e. The van der Waals surface area contributed by atoms with Crippen LogP contribution in [0.1, 0.15) is 55.8 Å². The Balaban J connectivity index is 1.47. The zero-order valence-corrected chi connectivity index (χ0v) is 16.9. The number of unbranched alkanes of at least 4 members (excludes halogenated alkanes) is 1. The highest BCUT2D eigenvalue weighted by Gasteiger charge is 2.26. The van der Waals surface area contributed by atoms with E-state index in [0.29, 0.717) is 31.2 Å². The molecule has 0 bridgehead atoms. The van der Waals surface area contributed by atoms with Gasteiger partial charge in [-0.3, -0.25) is 9.59 Å². The fourth-order valence-corrected chi connectivity index (χ4v) is 3.90. The Bertz CT molecular complexity index is 641. The zero-order chi connectivity index (χ0) is 19.8. The van der Waals surface area contributed by atoms with Crippen molar-refractivity contribution >= 4 is 11.8 Å². The molecule has 2 fully saturated rings. The normalized spacial score (nSPS) is 22.1. The van der Waals surface area contributed by atoms with Crippen molar-refractivity contribution in [1.82, 2.24) is 15.5 Å². The van der Waals surface area contributed by atoms with Gasteiger partial charge in [0, 0.05) is 25.2 Å². The monoisotopic (exact) mass is 387 g/mol. The van der Waals surface area contributed by atoms with Gasteiger partial charge in [0.05, 0.1) is 12.6 Å². The standard InChI is InChI=1S/C22H33N3O3/c1-2-3-14-28-19-10-8-18(9-11-19)22(27)25-13-5-6-17(16-25)15-24-21(26)20-7-4-12-23-20/h8-11,17,20,23H,2-7,12-16H2,1H3,(H,24,26). The van der Waals surface area contributed by atoms with Crippen LogP contribution in [0, 0.1) is 5.92 Å². The van der Waals surface area contributed by atoms with Crippen molar-refractivity contribution in [2.75, 3.05) is 32.8 Å². The number of piperidine rings is 1. The number of hydrogen-bond acceptors (Lipinski definition) is 4. The number of rotatable bonds is 8. The summed E-state index contributed by atoms with van der Waals surface area (Å²) in [6.07, 6.45) is 6.14. The van der Waals surface area contributed by atoms with Crippen molar-refractivity contribution in [3.63, 3.8) is 0 Å². The number of carbonyl (C=O) groups is 2. The lowest BCUT2D eigenvalue weighted by Gasteiger charge is -2.33. The Morgan fingerprint density at radius 1 is 1.21 bits per heavy atom. The second-order valence-corrected chi connectivity index (χ2v) is 7.88. The van der Waals surface area contributed by atoms with Gasteiger partial charge in [-0.25, -0.2) is 0 Å². The van der Waals surface area contributed by atoms with Crippen LogP contribution in [-0.2, 0) is 4.79 Å². The minimum Gasteiger partial charge on any atom is -0.494 e. The Kier molecular flexibility index (Phi) is 7.71. The van der Waals surface area contributed by atoms with E-state index in [1.54, 1.807) is 0 Å². The maximum atomic E-state index is 12.9. The number of carbonyl (C=O) groups excluding carboxylic acids is 2. The SMILES string of the molecule is CCCCOc1ccc(C(=O)N2CCCC(CNC(=O)C3CCCN3)C2)cc1. The van der Waals surface area contributed by atoms with Crippen molar-refractivity contribution in [1.29, 1.82) is 0 Å². The van der Waals surface area contributed by atoms with E-state index in [9.17, 15) is 9.59 Å². The molecule has 1 aromatic carbocycles. The fraction of sp³-hybridized carbons (Fsp3) is 0.636. The van der Waals surface area contributed by atoms with E-state index in [0.717, 1.165) is 57.4 Å². The molecule has 2 amide bonds. The third-order valence-electron chi connectivity index (χ3n) is 5.62. The van der Waals surface area contributed by atoms with Crippen LogP contribution in [0.4, 0.5) is 0 Å². The quantitative estimate of drug-likeness (QED) is 0.673. The second-order valence-electron chi connectivity index (χ2n) is 7.88. The predicted octanol–water partition coefficient (Wildman–Crippen LogP) is 2.59. The summed E-state index contributed by atoms with van der Waals surface area (Å²) in [7, 11) is 0. The number of nitrogens with zero attached hydrogens (tertiary/aromatic N) is 1. The van der Waals surface area contributed by atoms with E-state index in [1.807, 2.05) is 29.2 Å². The zero-order valence-electron chi connectivity index (χ0n) is 16.9. The van der Waals surface area contributed by atoms with Gasteiger partial charge in [-0.05, 0) is 68.8 Å². The first kappa shape index (κ1) is 20.6. The third-order valence-corrected chi connectivity index (χ3v) is 5.62. The van der Waals surface area contributed by atoms with Crippen LogP contribution in [-0.4, -0.2) is 55.5 Å². The Hall–Kier alpha value is -2.08. The van der Waals surface area contributed by atoms with Gasteiger partial charge >= 0.3 is 0 Å². The van der Waals surface area contributed by atoms with Crippen LogP contribution in [0.15, 0.2) is 24.3 Å². The molecule has 2 aliphatic heterocycles. The lowest BCUT2D eigenvalue weighted by atomic mass is 9.97. The van der Waals surface area contributed by atoms with Crippen molar-refractivity contribution in [2.45, 2.75) is 51.5 Å². The molecule has 28 heavy (non-hydrogen) atoms. The Labute approximate surface area is 168 Å². The summed E-state index contributed by atoms with van der Waals surface area (Å²) in [4.78, 5) is 27.0. The number of benzene rings is 1. The van der Waals surface area contributed by atoms with Crippen molar-refractivity contribution < 1.29 is 14.3 Å². The van der Waals surface area contributed by atoms with Crippen LogP contribution in [0.3, 0.4) is 0 Å². The molecule has 154 valence electrons. The summed E-state index contributed by atoms with van der Waals surface area (Å²) in [6.45, 7) is 5.89. The molecule has 2 unspecified atom stereocenters. The van der Waals surface area contributed by atoms with Crippen LogP contribution in [0.2, 0.25) is 0 Å². The number of hydrogen-bond donors (Lipinski definition) is 2. The molecule has 0 radical (unpaired) electrons. The Morgan fingerprint density at radius 3 is 2.75 bits per heavy atom. The van der Waals surface area contributed by atoms with Gasteiger partial charge in [0.1, 0.15) is 5.75 Å². The molecule has 6 heteroatoms. The molecule has 0 saturated carbocycles. The van der Waals surface area contributed by atoms with E-state index >= 15 is 0 Å². The van der Waals surface area contributed by atoms with Crippen molar-refractivity contribution in [3.8, 4) is 5.75 Å². The lowest BCUT2D eigenvalue weighted by molar-refractivity contribution is -0.123. The highest BCUT2D eigenvalue weighted by atomic mass is 16.5. The van der Waals surface area contributed by atoms with E-state index in [2.05, 4.69) is 17.6 Å². The average Bonchev–Trinajstić information content (AvgIpc) is 3.27. The first-order valence-corrected chi connectivity index (χ1v) is 10.7. The van der Waals surface area contributed by atoms with Crippen LogP contribution >= 0.6 is 0 Å². The van der Waals surface area contributed by atoms with Gasteiger partial charge in [0.25, 0.3) is 5.91 Å². The smallest absolute Gasteiger partial charge is 0.253 e. The average molecular weight is 388 g/mol. The topological polar surface area (TPSA) is 70.7 Å². The predicted molar refractivity (Wildman–Crippen MR) is 110 cm³/mol. The summed E-state index contributed by atoms with van der Waals surface area (Å²) in [5.41, 5.74) is 0.697. The number of likely N-dealkylation sites (tertiary alicyclic amines) is 1. The molecule has 2 N–H and O–H groups in total. The molecular weight excluding hydrogens is 354 g/mol. The summed E-state index contributed by atoms with van der Waals surface area (Å²) in [5, 5.41) is 6.30. The minimum atomic E-state index is -0.0422. The summed E-state index contributed by atoms with van der Waals surface area (Å²) in [6, 6.07) is 7.40. The van der Waals surface area contributed by atoms with Gasteiger partial charge < -0.3 is 20.3 Å². The Morgan fingerprint density at radius 2 is 2.04 bits per heavy atom. The first-order valence-electron chi connectivity index (χ1n) is 10.7. The van der Waals surface area contributed by atoms with Crippen molar-refractivity contribution in [3.05, 3.63) is 29.8 Å². The summed E-state index contributed by atoms with van der Waals surface area (Å²) in [5.74, 6) is 1.29. The van der Waals surface area contributed by atoms with Gasteiger partial charge in [0.15, 0.2) is 0 Å². The van der Waals surface area contributed by atoms with Gasteiger partial charge in [0.2, 0.25) is 5.91 Å². The number of nitrogens with one attached hydrogen (secondary N) is 2. The van der Waals surface area contributed by atoms with Crippen LogP contribution < -0.4 is 15.4 Å². The molecule has 0 spiro atoms. The highest BCUT2D eigenvalue weighted by Crippen LogP contribution is 2.20. The third kappa shape index (κ3) is 5.71. The van der Waals surface area contributed by atoms with Crippen LogP contribution in [0.25, 0.3) is 0 Å². The molecule has 2 aliphatic rings. The minimum absolute atomic E-state index is 0.0422. The molecule has 1 aromatic rings. The fourth-order valence-electron chi connectivity index (χ4n) is 3.90. The maximum absolute atomic E-state index is 12.9. The lowest BCUT2D eigenvalue weighted by Crippen LogP contribution is -2.46. The first-order chi connectivity index (χ1) is 13.7. The van der Waals surface area contributed by atoms with Gasteiger partial charge in [-0.1, -0.05) is 13.3 Å². The van der Waals surface area contributed by atoms with Gasteiger partial charge in [-0.15, -0.1) is 0 Å². The molecule has 6 nitrogen and oxygen atoms in total. The molecule has 2 heterocycles. The maximum Gasteiger partial charge on any atom is 0.253 e. The molecule has 2 saturated heterocycles. The number of amides is 2. The molecule has 2 atom stereocenters. The van der Waals surface area contributed by atoms with Gasteiger partial charge in [-0.2, -0.15) is 0 Å². The van der Waals surface area contributed by atoms with E-state index in [4.69, 9.17) is 4.74 Å². The summed E-state index contributed by atoms with van der Waals surface area (Å²) >= 11 is 0. The van der Waals surface area contributed by atoms with E-state index < -0.39 is 0 Å². The molecule has 3 rings (SSSR count). The van der Waals surface area contributed by atoms with E-state index in [-0.39, 0.29) is 17.9 Å².